The van der Waals surface area contributed by atoms with Crippen LogP contribution in [0.25, 0.3) is 0 Å². The van der Waals surface area contributed by atoms with Gasteiger partial charge in [-0.1, -0.05) is 0 Å². The van der Waals surface area contributed by atoms with Crippen LogP contribution < -0.4 is 29.0 Å². The van der Waals surface area contributed by atoms with E-state index in [1.54, 1.807) is 62.3 Å². The lowest BCUT2D eigenvalue weighted by molar-refractivity contribution is 0.0786. The second-order valence-electron chi connectivity index (χ2n) is 15.2. The fourth-order valence-electron chi connectivity index (χ4n) is 6.80. The number of benzene rings is 3. The van der Waals surface area contributed by atoms with Crippen molar-refractivity contribution in [3.05, 3.63) is 72.8 Å². The van der Waals surface area contributed by atoms with Crippen LogP contribution in [0.4, 0.5) is 9.59 Å². The second-order valence-corrected chi connectivity index (χ2v) is 16.8. The third kappa shape index (κ3) is 21.7. The lowest BCUT2D eigenvalue weighted by Gasteiger charge is -2.31. The monoisotopic (exact) mass is 903 g/mol. The number of rotatable bonds is 14. The second kappa shape index (κ2) is 29.3. The highest BCUT2D eigenvalue weighted by Crippen LogP contribution is 2.23. The predicted octanol–water partition coefficient (Wildman–Crippen LogP) is 7.25. The van der Waals surface area contributed by atoms with Crippen molar-refractivity contribution < 1.29 is 60.5 Å². The first-order valence-electron chi connectivity index (χ1n) is 21.6. The van der Waals surface area contributed by atoms with Crippen molar-refractivity contribution in [2.75, 3.05) is 99.9 Å². The number of piperidine rings is 3. The van der Waals surface area contributed by atoms with Crippen LogP contribution in [0.2, 0.25) is 0 Å². The van der Waals surface area contributed by atoms with Gasteiger partial charge in [-0.05, 0) is 132 Å². The van der Waals surface area contributed by atoms with Gasteiger partial charge in [-0.2, -0.15) is 8.42 Å². The zero-order valence-corrected chi connectivity index (χ0v) is 38.6. The first-order chi connectivity index (χ1) is 30.4. The number of methoxy groups -OCH3 is 3. The third-order valence-electron chi connectivity index (χ3n) is 10.2. The molecule has 352 valence electrons. The maximum Gasteiger partial charge on any atom is 0.409 e. The van der Waals surface area contributed by atoms with Crippen LogP contribution in [0, 0.1) is 17.8 Å². The van der Waals surface area contributed by atoms with Gasteiger partial charge in [0, 0.05) is 50.5 Å². The lowest BCUT2D eigenvalue weighted by atomic mass is 9.99. The van der Waals surface area contributed by atoms with Gasteiger partial charge in [0.2, 0.25) is 0 Å². The van der Waals surface area contributed by atoms with Crippen LogP contribution in [-0.4, -0.2) is 135 Å². The van der Waals surface area contributed by atoms with E-state index >= 15 is 0 Å². The number of likely N-dealkylation sites (tertiary alicyclic amines) is 2. The smallest absolute Gasteiger partial charge is 0.409 e. The number of hydrogen-bond acceptors (Lipinski definition) is 14. The van der Waals surface area contributed by atoms with Crippen molar-refractivity contribution >= 4 is 22.3 Å². The Kier molecular flexibility index (Phi) is 24.3. The van der Waals surface area contributed by atoms with Crippen molar-refractivity contribution in [3.63, 3.8) is 0 Å². The number of aromatic hydroxyl groups is 1. The standard InChI is InChI=1S/C16H23NO4.C13H19NO2.C10H19NO5S.C7H8O2/c1-3-20-16(18)17-10-4-5-13(11-17)12-21-15-8-6-14(19-2)7-9-15;1-15-12-4-6-13(7-5-12)16-10-11-3-2-8-14-9-11;1-3-15-10(12)11-6-4-5-9(7-11)8-16-17(2,13)14;1-9-7-4-2-6(8)3-5-7/h6-9,13H,3-5,10-12H2,1-2H3;4-7,11,14H,2-3,8-10H2,1H3;9H,3-8H2,1-2H3;2-5,8H,1H3. The minimum atomic E-state index is -3.41. The van der Waals surface area contributed by atoms with Gasteiger partial charge in [-0.25, -0.2) is 9.59 Å². The quantitative estimate of drug-likeness (QED) is 0.155. The Labute approximate surface area is 374 Å². The molecule has 3 aliphatic rings. The highest BCUT2D eigenvalue weighted by atomic mass is 32.2. The molecular formula is C46H69N3O13S. The number of nitrogens with zero attached hydrogens (tertiary/aromatic N) is 2. The maximum absolute atomic E-state index is 11.7. The Morgan fingerprint density at radius 1 is 0.619 bits per heavy atom. The van der Waals surface area contributed by atoms with Crippen LogP contribution in [-0.2, 0) is 23.8 Å². The Hall–Kier alpha value is -5.13. The summed E-state index contributed by atoms with van der Waals surface area (Å²) in [5, 5.41) is 12.2. The Morgan fingerprint density at radius 2 is 1.02 bits per heavy atom. The van der Waals surface area contributed by atoms with E-state index in [0.29, 0.717) is 51.3 Å². The van der Waals surface area contributed by atoms with Crippen LogP contribution in [0.1, 0.15) is 52.4 Å². The molecule has 0 spiro atoms. The summed E-state index contributed by atoms with van der Waals surface area (Å²) in [6.45, 7) is 10.8. The molecule has 3 aromatic carbocycles. The van der Waals surface area contributed by atoms with Crippen molar-refractivity contribution in [1.29, 1.82) is 0 Å². The molecule has 3 fully saturated rings. The zero-order chi connectivity index (χ0) is 45.9. The van der Waals surface area contributed by atoms with Crippen LogP contribution >= 0.6 is 0 Å². The molecule has 0 aliphatic carbocycles. The molecule has 6 rings (SSSR count). The minimum Gasteiger partial charge on any atom is -0.508 e. The Bertz CT molecular complexity index is 1810. The van der Waals surface area contributed by atoms with Crippen molar-refractivity contribution in [2.24, 2.45) is 17.8 Å². The van der Waals surface area contributed by atoms with E-state index in [0.717, 1.165) is 86.9 Å². The molecule has 0 saturated carbocycles. The summed E-state index contributed by atoms with van der Waals surface area (Å²) in [7, 11) is 1.49. The van der Waals surface area contributed by atoms with Gasteiger partial charge >= 0.3 is 12.2 Å². The van der Waals surface area contributed by atoms with E-state index in [9.17, 15) is 18.0 Å². The lowest BCUT2D eigenvalue weighted by Crippen LogP contribution is -2.41. The number of ether oxygens (including phenoxy) is 7. The summed E-state index contributed by atoms with van der Waals surface area (Å²) in [4.78, 5) is 26.6. The highest BCUT2D eigenvalue weighted by molar-refractivity contribution is 7.85. The molecule has 3 aliphatic heterocycles. The summed E-state index contributed by atoms with van der Waals surface area (Å²) in [6.07, 6.45) is 6.78. The number of nitrogens with one attached hydrogen (secondary N) is 1. The van der Waals surface area contributed by atoms with Gasteiger partial charge in [-0.3, -0.25) is 4.18 Å². The van der Waals surface area contributed by atoms with Crippen LogP contribution in [0.15, 0.2) is 72.8 Å². The van der Waals surface area contributed by atoms with Crippen molar-refractivity contribution in [1.82, 2.24) is 15.1 Å². The van der Waals surface area contributed by atoms with Gasteiger partial charge < -0.3 is 53.4 Å². The molecule has 3 saturated heterocycles. The summed E-state index contributed by atoms with van der Waals surface area (Å²) in [6, 6.07) is 21.9. The topological polar surface area (TPSA) is 181 Å². The molecule has 2 amide bonds. The van der Waals surface area contributed by atoms with E-state index in [1.807, 2.05) is 55.5 Å². The van der Waals surface area contributed by atoms with E-state index in [2.05, 4.69) is 5.32 Å². The van der Waals surface area contributed by atoms with Crippen molar-refractivity contribution in [2.45, 2.75) is 52.4 Å². The molecular weight excluding hydrogens is 835 g/mol. The molecule has 0 aromatic heterocycles. The Morgan fingerprint density at radius 3 is 1.41 bits per heavy atom. The van der Waals surface area contributed by atoms with E-state index in [-0.39, 0.29) is 30.5 Å². The highest BCUT2D eigenvalue weighted by Gasteiger charge is 2.26. The Balaban J connectivity index is 0.000000231. The molecule has 3 heterocycles. The molecule has 16 nitrogen and oxygen atoms in total. The number of phenolic OH excluding ortho intramolecular Hbond substituents is 1. The fraction of sp³-hybridized carbons (Fsp3) is 0.565. The molecule has 17 heteroatoms. The minimum absolute atomic E-state index is 0.0582. The molecule has 3 atom stereocenters. The van der Waals surface area contributed by atoms with E-state index in [4.69, 9.17) is 42.4 Å². The van der Waals surface area contributed by atoms with E-state index < -0.39 is 10.1 Å². The predicted molar refractivity (Wildman–Crippen MR) is 241 cm³/mol. The molecule has 63 heavy (non-hydrogen) atoms. The van der Waals surface area contributed by atoms with Crippen molar-refractivity contribution in [3.8, 4) is 34.5 Å². The summed E-state index contributed by atoms with van der Waals surface area (Å²) in [5.74, 6) is 5.50. The summed E-state index contributed by atoms with van der Waals surface area (Å²) in [5.41, 5.74) is 0. The first-order valence-corrected chi connectivity index (χ1v) is 23.4. The fourth-order valence-corrected chi connectivity index (χ4v) is 7.24. The molecule has 0 bridgehead atoms. The number of amides is 2. The number of carbonyl (C=O) groups is 2. The van der Waals surface area contributed by atoms with Crippen LogP contribution in [0.3, 0.4) is 0 Å². The number of hydrogen-bond donors (Lipinski definition) is 2. The summed E-state index contributed by atoms with van der Waals surface area (Å²) < 4.78 is 63.0. The third-order valence-corrected chi connectivity index (χ3v) is 10.7. The van der Waals surface area contributed by atoms with Gasteiger partial charge in [0.15, 0.2) is 0 Å². The largest absolute Gasteiger partial charge is 0.508 e. The normalized spacial score (nSPS) is 18.3. The number of phenols is 1. The molecule has 3 unspecified atom stereocenters. The zero-order valence-electron chi connectivity index (χ0n) is 37.8. The van der Waals surface area contributed by atoms with Gasteiger partial charge in [-0.15, -0.1) is 0 Å². The molecule has 2 N–H and O–H groups in total. The van der Waals surface area contributed by atoms with Gasteiger partial charge in [0.25, 0.3) is 10.1 Å². The van der Waals surface area contributed by atoms with Gasteiger partial charge in [0.05, 0.1) is 60.6 Å². The van der Waals surface area contributed by atoms with Crippen LogP contribution in [0.5, 0.6) is 34.5 Å². The van der Waals surface area contributed by atoms with E-state index in [1.165, 1.54) is 12.8 Å². The first kappa shape index (κ1) is 52.2. The molecule has 0 radical (unpaired) electrons. The SMILES string of the molecule is CCOC(=O)N1CCCC(COS(C)(=O)=O)C1.CCOC(=O)N1CCCC(COc2ccc(OC)cc2)C1.COc1ccc(O)cc1.COc1ccc(OCC2CCCNC2)cc1. The average Bonchev–Trinajstić information content (AvgIpc) is 3.31. The number of carbonyl (C=O) groups excluding carboxylic acids is 2. The maximum atomic E-state index is 11.7. The summed E-state index contributed by atoms with van der Waals surface area (Å²) >= 11 is 0. The average molecular weight is 904 g/mol. The molecule has 3 aromatic rings. The van der Waals surface area contributed by atoms with Gasteiger partial charge in [0.1, 0.15) is 34.5 Å².